The van der Waals surface area contributed by atoms with Gasteiger partial charge in [0.05, 0.1) is 0 Å². The fourth-order valence-electron chi connectivity index (χ4n) is 2.28. The lowest BCUT2D eigenvalue weighted by atomic mass is 9.96. The number of hydrazine groups is 1. The third kappa shape index (κ3) is 6.03. The number of halogens is 1. The highest BCUT2D eigenvalue weighted by atomic mass is 35.5. The lowest BCUT2D eigenvalue weighted by molar-refractivity contribution is 0.411. The molecule has 1 saturated carbocycles. The van der Waals surface area contributed by atoms with E-state index in [0.717, 1.165) is 5.69 Å². The summed E-state index contributed by atoms with van der Waals surface area (Å²) in [6.07, 6.45) is 6.21. The SMILES string of the molecule is S=C(NNC(=S)NC1CCCCC1)Nc1ccc(Cl)cc1. The zero-order valence-corrected chi connectivity index (χ0v) is 14.0. The van der Waals surface area contributed by atoms with Crippen molar-refractivity contribution in [1.29, 1.82) is 0 Å². The Kier molecular flexibility index (Phi) is 6.48. The Morgan fingerprint density at radius 1 is 0.952 bits per heavy atom. The Hall–Kier alpha value is -1.11. The van der Waals surface area contributed by atoms with Gasteiger partial charge in [0.15, 0.2) is 10.2 Å². The highest BCUT2D eigenvalue weighted by Crippen LogP contribution is 2.17. The first kappa shape index (κ1) is 16.3. The predicted octanol–water partition coefficient (Wildman–Crippen LogP) is 3.34. The summed E-state index contributed by atoms with van der Waals surface area (Å²) in [5, 5.41) is 8.05. The van der Waals surface area contributed by atoms with E-state index < -0.39 is 0 Å². The van der Waals surface area contributed by atoms with Crippen LogP contribution in [0.1, 0.15) is 32.1 Å². The van der Waals surface area contributed by atoms with Gasteiger partial charge in [0.1, 0.15) is 0 Å². The van der Waals surface area contributed by atoms with E-state index in [1.54, 1.807) is 12.1 Å². The summed E-state index contributed by atoms with van der Waals surface area (Å²) in [4.78, 5) is 0. The molecular formula is C14H19ClN4S2. The van der Waals surface area contributed by atoms with Crippen molar-refractivity contribution >= 4 is 51.9 Å². The van der Waals surface area contributed by atoms with Gasteiger partial charge < -0.3 is 10.6 Å². The summed E-state index contributed by atoms with van der Waals surface area (Å²) >= 11 is 16.3. The van der Waals surface area contributed by atoms with Crippen molar-refractivity contribution in [3.8, 4) is 0 Å². The van der Waals surface area contributed by atoms with Crippen LogP contribution in [-0.4, -0.2) is 16.3 Å². The van der Waals surface area contributed by atoms with Crippen molar-refractivity contribution in [2.75, 3.05) is 5.32 Å². The third-order valence-electron chi connectivity index (χ3n) is 3.33. The first-order chi connectivity index (χ1) is 10.1. The van der Waals surface area contributed by atoms with Crippen molar-refractivity contribution in [3.05, 3.63) is 29.3 Å². The van der Waals surface area contributed by atoms with Crippen LogP contribution in [0, 0.1) is 0 Å². The number of hydrogen-bond donors (Lipinski definition) is 4. The highest BCUT2D eigenvalue weighted by Gasteiger charge is 2.13. The molecule has 1 aliphatic rings. The van der Waals surface area contributed by atoms with Crippen LogP contribution < -0.4 is 21.5 Å². The van der Waals surface area contributed by atoms with Crippen LogP contribution in [-0.2, 0) is 0 Å². The minimum atomic E-state index is 0.449. The van der Waals surface area contributed by atoms with E-state index in [-0.39, 0.29) is 0 Å². The van der Waals surface area contributed by atoms with Crippen LogP contribution in [0.5, 0.6) is 0 Å². The van der Waals surface area contributed by atoms with Gasteiger partial charge in [-0.15, -0.1) is 0 Å². The van der Waals surface area contributed by atoms with Crippen LogP contribution >= 0.6 is 36.0 Å². The Morgan fingerprint density at radius 2 is 1.57 bits per heavy atom. The molecular weight excluding hydrogens is 324 g/mol. The topological polar surface area (TPSA) is 48.1 Å². The van der Waals surface area contributed by atoms with E-state index in [1.165, 1.54) is 32.1 Å². The van der Waals surface area contributed by atoms with Gasteiger partial charge in [-0.2, -0.15) is 0 Å². The van der Waals surface area contributed by atoms with Gasteiger partial charge in [-0.05, 0) is 61.5 Å². The molecule has 1 aliphatic carbocycles. The first-order valence-electron chi connectivity index (χ1n) is 7.02. The first-order valence-corrected chi connectivity index (χ1v) is 8.22. The van der Waals surface area contributed by atoms with Crippen LogP contribution in [0.4, 0.5) is 5.69 Å². The maximum atomic E-state index is 5.83. The normalized spacial score (nSPS) is 15.1. The van der Waals surface area contributed by atoms with Gasteiger partial charge >= 0.3 is 0 Å². The van der Waals surface area contributed by atoms with E-state index in [0.29, 0.717) is 21.3 Å². The lowest BCUT2D eigenvalue weighted by Crippen LogP contribution is -2.51. The minimum absolute atomic E-state index is 0.449. The number of thiocarbonyl (C=S) groups is 2. The van der Waals surface area contributed by atoms with Crippen LogP contribution in [0.25, 0.3) is 0 Å². The smallest absolute Gasteiger partial charge is 0.189 e. The molecule has 1 fully saturated rings. The zero-order valence-electron chi connectivity index (χ0n) is 11.6. The molecule has 21 heavy (non-hydrogen) atoms. The van der Waals surface area contributed by atoms with E-state index in [4.69, 9.17) is 36.0 Å². The number of nitrogens with one attached hydrogen (secondary N) is 4. The molecule has 0 bridgehead atoms. The molecule has 1 aromatic carbocycles. The largest absolute Gasteiger partial charge is 0.359 e. The van der Waals surface area contributed by atoms with Crippen molar-refractivity contribution in [2.45, 2.75) is 38.1 Å². The summed E-state index contributed by atoms with van der Waals surface area (Å²) in [6.45, 7) is 0. The van der Waals surface area contributed by atoms with Crippen LogP contribution in [0.2, 0.25) is 5.02 Å². The fourth-order valence-corrected chi connectivity index (χ4v) is 2.79. The number of hydrogen-bond acceptors (Lipinski definition) is 2. The molecule has 0 atom stereocenters. The minimum Gasteiger partial charge on any atom is -0.359 e. The Bertz CT molecular complexity index is 486. The molecule has 0 heterocycles. The van der Waals surface area contributed by atoms with Gasteiger partial charge in [-0.1, -0.05) is 30.9 Å². The zero-order chi connectivity index (χ0) is 15.1. The molecule has 114 valence electrons. The van der Waals surface area contributed by atoms with Crippen molar-refractivity contribution < 1.29 is 0 Å². The summed E-state index contributed by atoms with van der Waals surface area (Å²) in [7, 11) is 0. The number of anilines is 1. The Balaban J connectivity index is 1.68. The standard InChI is InChI=1S/C14H19ClN4S2/c15-10-6-8-12(9-7-10)17-14(21)19-18-13(20)16-11-4-2-1-3-5-11/h6-9,11H,1-5H2,(H2,16,18,20)(H2,17,19,21). The molecule has 4 N–H and O–H groups in total. The second kappa shape index (κ2) is 8.36. The predicted molar refractivity (Wildman–Crippen MR) is 96.6 cm³/mol. The van der Waals surface area contributed by atoms with Crippen molar-refractivity contribution in [1.82, 2.24) is 16.2 Å². The number of rotatable bonds is 2. The monoisotopic (exact) mass is 342 g/mol. The summed E-state index contributed by atoms with van der Waals surface area (Å²) in [5.74, 6) is 0. The van der Waals surface area contributed by atoms with Gasteiger partial charge in [-0.3, -0.25) is 10.9 Å². The third-order valence-corrected chi connectivity index (χ3v) is 4.01. The molecule has 0 radical (unpaired) electrons. The fraction of sp³-hybridized carbons (Fsp3) is 0.429. The van der Waals surface area contributed by atoms with Crippen molar-refractivity contribution in [2.24, 2.45) is 0 Å². The Morgan fingerprint density at radius 3 is 2.24 bits per heavy atom. The molecule has 2 rings (SSSR count). The van der Waals surface area contributed by atoms with Gasteiger partial charge in [0.25, 0.3) is 0 Å². The summed E-state index contributed by atoms with van der Waals surface area (Å²) in [6, 6.07) is 7.78. The van der Waals surface area contributed by atoms with Crippen LogP contribution in [0.3, 0.4) is 0 Å². The number of benzene rings is 1. The maximum absolute atomic E-state index is 5.83. The molecule has 0 unspecified atom stereocenters. The molecule has 7 heteroatoms. The molecule has 0 amide bonds. The second-order valence-electron chi connectivity index (χ2n) is 5.02. The van der Waals surface area contributed by atoms with Gasteiger partial charge in [0.2, 0.25) is 0 Å². The van der Waals surface area contributed by atoms with Crippen molar-refractivity contribution in [3.63, 3.8) is 0 Å². The van der Waals surface area contributed by atoms with E-state index in [2.05, 4.69) is 21.5 Å². The Labute approximate surface area is 141 Å². The lowest BCUT2D eigenvalue weighted by Gasteiger charge is -2.24. The van der Waals surface area contributed by atoms with E-state index >= 15 is 0 Å². The molecule has 0 saturated heterocycles. The molecule has 0 spiro atoms. The van der Waals surface area contributed by atoms with Gasteiger partial charge in [0, 0.05) is 16.8 Å². The van der Waals surface area contributed by atoms with E-state index in [9.17, 15) is 0 Å². The highest BCUT2D eigenvalue weighted by molar-refractivity contribution is 7.80. The average Bonchev–Trinajstić information content (AvgIpc) is 2.49. The molecule has 4 nitrogen and oxygen atoms in total. The van der Waals surface area contributed by atoms with Crippen LogP contribution in [0.15, 0.2) is 24.3 Å². The quantitative estimate of drug-likeness (QED) is 0.488. The summed E-state index contributed by atoms with van der Waals surface area (Å²) < 4.78 is 0. The molecule has 1 aromatic rings. The summed E-state index contributed by atoms with van der Waals surface area (Å²) in [5.41, 5.74) is 6.64. The molecule has 0 aromatic heterocycles. The maximum Gasteiger partial charge on any atom is 0.189 e. The van der Waals surface area contributed by atoms with E-state index in [1.807, 2.05) is 12.1 Å². The average molecular weight is 343 g/mol. The molecule has 0 aliphatic heterocycles. The van der Waals surface area contributed by atoms with Gasteiger partial charge in [-0.25, -0.2) is 0 Å². The second-order valence-corrected chi connectivity index (χ2v) is 6.27.